The molecule has 7 heteroatoms. The summed E-state index contributed by atoms with van der Waals surface area (Å²) in [5, 5.41) is 9.94. The molecule has 2 aromatic heterocycles. The molecule has 3 N–H and O–H groups in total. The van der Waals surface area contributed by atoms with E-state index in [4.69, 9.17) is 4.74 Å². The topological polar surface area (TPSA) is 95.7 Å². The van der Waals surface area contributed by atoms with Crippen molar-refractivity contribution >= 4 is 22.8 Å². The summed E-state index contributed by atoms with van der Waals surface area (Å²) in [5.41, 5.74) is 3.64. The molecule has 2 heterocycles. The molecule has 142 valence electrons. The van der Waals surface area contributed by atoms with Crippen molar-refractivity contribution in [2.75, 3.05) is 12.4 Å². The number of imidazole rings is 1. The lowest BCUT2D eigenvalue weighted by Crippen LogP contribution is -2.11. The fraction of sp³-hybridized carbons (Fsp3) is 0.190. The zero-order valence-corrected chi connectivity index (χ0v) is 15.5. The predicted molar refractivity (Wildman–Crippen MR) is 108 cm³/mol. The Kier molecular flexibility index (Phi) is 5.05. The van der Waals surface area contributed by atoms with Crippen molar-refractivity contribution in [3.05, 3.63) is 60.4 Å². The van der Waals surface area contributed by atoms with Crippen molar-refractivity contribution < 1.29 is 9.53 Å². The number of nitrogens with zero attached hydrogens (tertiary/aromatic N) is 2. The van der Waals surface area contributed by atoms with Crippen LogP contribution < -0.4 is 10.1 Å². The number of aryl methyl sites for hydroxylation is 1. The minimum Gasteiger partial charge on any atom is -0.496 e. The summed E-state index contributed by atoms with van der Waals surface area (Å²) in [5.74, 6) is 2.06. The number of rotatable bonds is 7. The molecular formula is C21H21N5O2. The third-order valence-electron chi connectivity index (χ3n) is 4.50. The van der Waals surface area contributed by atoms with Crippen molar-refractivity contribution in [1.29, 1.82) is 0 Å². The number of carbonyl (C=O) groups is 1. The van der Waals surface area contributed by atoms with Crippen LogP contribution in [0.2, 0.25) is 0 Å². The standard InChI is InChI=1S/C21H21N5O2/c1-28-18-10-5-2-7-14(18)17-13-20(26-25-17)24-21(27)12-6-11-19-22-15-8-3-4-9-16(15)23-19/h2-5,7-10,13H,6,11-12H2,1H3,(H,22,23)(H2,24,25,26,27). The minimum atomic E-state index is -0.0748. The van der Waals surface area contributed by atoms with Crippen molar-refractivity contribution in [3.63, 3.8) is 0 Å². The van der Waals surface area contributed by atoms with Crippen LogP contribution in [0.4, 0.5) is 5.82 Å². The first-order valence-electron chi connectivity index (χ1n) is 9.15. The Bertz CT molecular complexity index is 1070. The number of hydrogen-bond donors (Lipinski definition) is 3. The highest BCUT2D eigenvalue weighted by Crippen LogP contribution is 2.29. The number of carbonyl (C=O) groups excluding carboxylic acids is 1. The SMILES string of the molecule is COc1ccccc1-c1cc(NC(=O)CCCc2nc3ccccc3[nH]2)n[nH]1. The second kappa shape index (κ2) is 7.96. The van der Waals surface area contributed by atoms with E-state index in [0.29, 0.717) is 18.7 Å². The third-order valence-corrected chi connectivity index (χ3v) is 4.50. The van der Waals surface area contributed by atoms with Gasteiger partial charge in [-0.1, -0.05) is 24.3 Å². The molecule has 7 nitrogen and oxygen atoms in total. The van der Waals surface area contributed by atoms with Gasteiger partial charge in [-0.2, -0.15) is 5.10 Å². The average molecular weight is 375 g/mol. The number of methoxy groups -OCH3 is 1. The Labute approximate surface area is 162 Å². The molecule has 4 rings (SSSR count). The van der Waals surface area contributed by atoms with E-state index in [1.54, 1.807) is 13.2 Å². The van der Waals surface area contributed by atoms with Gasteiger partial charge in [0.15, 0.2) is 5.82 Å². The molecule has 1 amide bonds. The van der Waals surface area contributed by atoms with Crippen molar-refractivity contribution in [2.45, 2.75) is 19.3 Å². The van der Waals surface area contributed by atoms with Crippen LogP contribution in [-0.4, -0.2) is 33.2 Å². The van der Waals surface area contributed by atoms with E-state index in [1.807, 2.05) is 48.5 Å². The molecule has 0 aliphatic carbocycles. The number of hydrogen-bond acceptors (Lipinski definition) is 4. The van der Waals surface area contributed by atoms with E-state index in [-0.39, 0.29) is 5.91 Å². The van der Waals surface area contributed by atoms with Gasteiger partial charge in [0, 0.05) is 24.5 Å². The van der Waals surface area contributed by atoms with Gasteiger partial charge in [-0.3, -0.25) is 9.89 Å². The molecule has 0 saturated carbocycles. The van der Waals surface area contributed by atoms with Gasteiger partial charge in [0.1, 0.15) is 11.6 Å². The molecule has 0 fully saturated rings. The maximum atomic E-state index is 12.2. The third kappa shape index (κ3) is 3.88. The number of para-hydroxylation sites is 3. The zero-order chi connectivity index (χ0) is 19.3. The van der Waals surface area contributed by atoms with Gasteiger partial charge < -0.3 is 15.0 Å². The van der Waals surface area contributed by atoms with Crippen LogP contribution >= 0.6 is 0 Å². The smallest absolute Gasteiger partial charge is 0.225 e. The first kappa shape index (κ1) is 17.8. The van der Waals surface area contributed by atoms with E-state index in [9.17, 15) is 4.79 Å². The number of benzene rings is 2. The fourth-order valence-corrected chi connectivity index (χ4v) is 3.14. The van der Waals surface area contributed by atoms with Crippen molar-refractivity contribution in [1.82, 2.24) is 20.2 Å². The van der Waals surface area contributed by atoms with E-state index < -0.39 is 0 Å². The summed E-state index contributed by atoms with van der Waals surface area (Å²) in [6, 6.07) is 17.4. The second-order valence-corrected chi connectivity index (χ2v) is 6.47. The monoisotopic (exact) mass is 375 g/mol. The number of nitrogens with one attached hydrogen (secondary N) is 3. The Morgan fingerprint density at radius 1 is 1.14 bits per heavy atom. The zero-order valence-electron chi connectivity index (χ0n) is 15.5. The summed E-state index contributed by atoms with van der Waals surface area (Å²) in [6.45, 7) is 0. The number of amides is 1. The van der Waals surface area contributed by atoms with Gasteiger partial charge in [-0.15, -0.1) is 0 Å². The summed E-state index contributed by atoms with van der Waals surface area (Å²) in [4.78, 5) is 20.0. The van der Waals surface area contributed by atoms with Crippen LogP contribution in [0.1, 0.15) is 18.7 Å². The van der Waals surface area contributed by atoms with Gasteiger partial charge in [0.2, 0.25) is 5.91 Å². The molecule has 0 radical (unpaired) electrons. The predicted octanol–water partition coefficient (Wildman–Crippen LogP) is 3.92. The number of aromatic nitrogens is 4. The van der Waals surface area contributed by atoms with E-state index in [1.165, 1.54) is 0 Å². The molecule has 0 unspecified atom stereocenters. The maximum Gasteiger partial charge on any atom is 0.225 e. The van der Waals surface area contributed by atoms with Gasteiger partial charge in [0.25, 0.3) is 0 Å². The van der Waals surface area contributed by atoms with Crippen molar-refractivity contribution in [3.8, 4) is 17.0 Å². The molecule has 0 atom stereocenters. The molecule has 0 aliphatic heterocycles. The summed E-state index contributed by atoms with van der Waals surface area (Å²) in [7, 11) is 1.62. The van der Waals surface area contributed by atoms with Crippen LogP contribution in [0.25, 0.3) is 22.3 Å². The van der Waals surface area contributed by atoms with Gasteiger partial charge >= 0.3 is 0 Å². The van der Waals surface area contributed by atoms with Crippen LogP contribution in [-0.2, 0) is 11.2 Å². The molecule has 0 bridgehead atoms. The summed E-state index contributed by atoms with van der Waals surface area (Å²) < 4.78 is 5.36. The summed E-state index contributed by atoms with van der Waals surface area (Å²) >= 11 is 0. The highest BCUT2D eigenvalue weighted by molar-refractivity contribution is 5.90. The molecule has 2 aromatic carbocycles. The minimum absolute atomic E-state index is 0.0748. The number of ether oxygens (including phenoxy) is 1. The first-order valence-corrected chi connectivity index (χ1v) is 9.15. The first-order chi connectivity index (χ1) is 13.7. The second-order valence-electron chi connectivity index (χ2n) is 6.47. The molecule has 0 aliphatic rings. The van der Waals surface area contributed by atoms with E-state index in [0.717, 1.165) is 40.3 Å². The Hall–Kier alpha value is -3.61. The highest BCUT2D eigenvalue weighted by atomic mass is 16.5. The maximum absolute atomic E-state index is 12.2. The lowest BCUT2D eigenvalue weighted by Gasteiger charge is -2.05. The van der Waals surface area contributed by atoms with E-state index >= 15 is 0 Å². The normalized spacial score (nSPS) is 10.9. The van der Waals surface area contributed by atoms with Crippen LogP contribution in [0.5, 0.6) is 5.75 Å². The number of fused-ring (bicyclic) bond motifs is 1. The molecular weight excluding hydrogens is 354 g/mol. The largest absolute Gasteiger partial charge is 0.496 e. The van der Waals surface area contributed by atoms with Crippen molar-refractivity contribution in [2.24, 2.45) is 0 Å². The molecule has 4 aromatic rings. The Morgan fingerprint density at radius 2 is 1.96 bits per heavy atom. The van der Waals surface area contributed by atoms with Crippen LogP contribution in [0.15, 0.2) is 54.6 Å². The fourth-order valence-electron chi connectivity index (χ4n) is 3.14. The molecule has 28 heavy (non-hydrogen) atoms. The Balaban J connectivity index is 1.32. The number of H-pyrrole nitrogens is 2. The lowest BCUT2D eigenvalue weighted by atomic mass is 10.1. The van der Waals surface area contributed by atoms with E-state index in [2.05, 4.69) is 25.5 Å². The summed E-state index contributed by atoms with van der Waals surface area (Å²) in [6.07, 6.45) is 1.82. The van der Waals surface area contributed by atoms with Gasteiger partial charge in [-0.25, -0.2) is 4.98 Å². The number of aromatic amines is 2. The lowest BCUT2D eigenvalue weighted by molar-refractivity contribution is -0.116. The molecule has 0 saturated heterocycles. The van der Waals surface area contributed by atoms with Crippen LogP contribution in [0, 0.1) is 0 Å². The Morgan fingerprint density at radius 3 is 2.82 bits per heavy atom. The van der Waals surface area contributed by atoms with Gasteiger partial charge in [0.05, 0.1) is 23.8 Å². The molecule has 0 spiro atoms. The highest BCUT2D eigenvalue weighted by Gasteiger charge is 2.11. The van der Waals surface area contributed by atoms with Gasteiger partial charge in [-0.05, 0) is 30.7 Å². The average Bonchev–Trinajstić information content (AvgIpc) is 3.34. The van der Waals surface area contributed by atoms with Crippen LogP contribution in [0.3, 0.4) is 0 Å². The quantitative estimate of drug-likeness (QED) is 0.456. The number of anilines is 1.